The Morgan fingerprint density at radius 3 is 2.89 bits per heavy atom. The molecule has 0 aliphatic carbocycles. The molecule has 2 atom stereocenters. The molecule has 2 unspecified atom stereocenters. The lowest BCUT2D eigenvalue weighted by molar-refractivity contribution is -0.117. The van der Waals surface area contributed by atoms with Crippen LogP contribution in [0.5, 0.6) is 0 Å². The summed E-state index contributed by atoms with van der Waals surface area (Å²) in [5, 5.41) is 0.502. The average molecular weight is 284 g/mol. The molecule has 1 aromatic rings. The van der Waals surface area contributed by atoms with Gasteiger partial charge in [0.1, 0.15) is 5.82 Å². The largest absolute Gasteiger partial charge is 0.298 e. The van der Waals surface area contributed by atoms with Crippen molar-refractivity contribution in [3.05, 3.63) is 35.6 Å². The Labute approximate surface area is 116 Å². The average Bonchev–Trinajstić information content (AvgIpc) is 2.38. The molecule has 1 aliphatic heterocycles. The van der Waals surface area contributed by atoms with Gasteiger partial charge in [-0.15, -0.1) is 11.8 Å². The smallest absolute Gasteiger partial charge is 0.151 e. The first kappa shape index (κ1) is 13.9. The van der Waals surface area contributed by atoms with Gasteiger partial charge in [0.05, 0.1) is 5.25 Å². The molecule has 0 amide bonds. The van der Waals surface area contributed by atoms with Gasteiger partial charge in [0, 0.05) is 23.2 Å². The summed E-state index contributed by atoms with van der Waals surface area (Å²) < 4.78 is 13.1. The molecule has 4 heteroatoms. The van der Waals surface area contributed by atoms with Crippen molar-refractivity contribution < 1.29 is 9.18 Å². The van der Waals surface area contributed by atoms with Gasteiger partial charge in [0.25, 0.3) is 0 Å². The summed E-state index contributed by atoms with van der Waals surface area (Å²) in [6.45, 7) is 2.13. The number of carbonyl (C=O) groups excluding carboxylic acids is 1. The number of hydrogen-bond acceptors (Lipinski definition) is 3. The van der Waals surface area contributed by atoms with E-state index in [4.69, 9.17) is 0 Å². The molecule has 0 saturated carbocycles. The minimum Gasteiger partial charge on any atom is -0.298 e. The molecule has 1 fully saturated rings. The summed E-state index contributed by atoms with van der Waals surface area (Å²) in [6, 6.07) is 6.36. The number of carbonyl (C=O) groups is 1. The fraction of sp³-hybridized carbons (Fsp3) is 0.500. The lowest BCUT2D eigenvalue weighted by Crippen LogP contribution is -2.33. The van der Waals surface area contributed by atoms with Gasteiger partial charge in [-0.2, -0.15) is 11.8 Å². The Kier molecular flexibility index (Phi) is 5.13. The van der Waals surface area contributed by atoms with E-state index >= 15 is 0 Å². The van der Waals surface area contributed by atoms with Gasteiger partial charge >= 0.3 is 0 Å². The standard InChI is InChI=1S/C14H17FOS2/c1-2-13-14(18-7-6-17-13)12(16)9-10-4-3-5-11(15)8-10/h3-5,8,13-14H,2,6-7,9H2,1H3. The second kappa shape index (κ2) is 6.62. The van der Waals surface area contributed by atoms with Crippen molar-refractivity contribution in [3.8, 4) is 0 Å². The van der Waals surface area contributed by atoms with Gasteiger partial charge in [0.15, 0.2) is 5.78 Å². The van der Waals surface area contributed by atoms with Gasteiger partial charge in [-0.3, -0.25) is 4.79 Å². The summed E-state index contributed by atoms with van der Waals surface area (Å²) in [5.74, 6) is 2.15. The summed E-state index contributed by atoms with van der Waals surface area (Å²) in [7, 11) is 0. The fourth-order valence-corrected chi connectivity index (χ4v) is 5.19. The first-order valence-electron chi connectivity index (χ1n) is 6.21. The van der Waals surface area contributed by atoms with Crippen LogP contribution in [0.25, 0.3) is 0 Å². The Balaban J connectivity index is 2.02. The Hall–Kier alpha value is -0.480. The van der Waals surface area contributed by atoms with Crippen LogP contribution in [0, 0.1) is 5.82 Å². The van der Waals surface area contributed by atoms with E-state index in [0.717, 1.165) is 23.5 Å². The third kappa shape index (κ3) is 3.51. The lowest BCUT2D eigenvalue weighted by atomic mass is 10.0. The summed E-state index contributed by atoms with van der Waals surface area (Å²) in [4.78, 5) is 12.3. The number of rotatable bonds is 4. The molecule has 0 aromatic heterocycles. The van der Waals surface area contributed by atoms with Gasteiger partial charge in [-0.25, -0.2) is 4.39 Å². The van der Waals surface area contributed by atoms with E-state index in [-0.39, 0.29) is 16.9 Å². The predicted molar refractivity (Wildman–Crippen MR) is 77.9 cm³/mol. The predicted octanol–water partition coefficient (Wildman–Crippen LogP) is 3.56. The van der Waals surface area contributed by atoms with Gasteiger partial charge < -0.3 is 0 Å². The minimum absolute atomic E-state index is 0.0806. The van der Waals surface area contributed by atoms with E-state index in [1.54, 1.807) is 17.8 Å². The molecule has 0 spiro atoms. The zero-order valence-electron chi connectivity index (χ0n) is 10.4. The van der Waals surface area contributed by atoms with E-state index < -0.39 is 0 Å². The molecule has 2 rings (SSSR count). The highest BCUT2D eigenvalue weighted by molar-refractivity contribution is 8.07. The SMILES string of the molecule is CCC1SCCSC1C(=O)Cc1cccc(F)c1. The summed E-state index contributed by atoms with van der Waals surface area (Å²) in [6.07, 6.45) is 1.38. The number of thioether (sulfide) groups is 2. The van der Waals surface area contributed by atoms with Crippen LogP contribution in [0.1, 0.15) is 18.9 Å². The molecule has 1 aromatic carbocycles. The van der Waals surface area contributed by atoms with Crippen molar-refractivity contribution in [3.63, 3.8) is 0 Å². The molecular formula is C14H17FOS2. The number of ketones is 1. The van der Waals surface area contributed by atoms with Gasteiger partial charge in [-0.05, 0) is 24.1 Å². The van der Waals surface area contributed by atoms with Crippen LogP contribution in [-0.2, 0) is 11.2 Å². The zero-order valence-corrected chi connectivity index (χ0v) is 12.0. The highest BCUT2D eigenvalue weighted by Crippen LogP contribution is 2.34. The maximum absolute atomic E-state index is 13.1. The maximum Gasteiger partial charge on any atom is 0.151 e. The van der Waals surface area contributed by atoms with Crippen molar-refractivity contribution in [2.45, 2.75) is 30.3 Å². The highest BCUT2D eigenvalue weighted by Gasteiger charge is 2.30. The molecule has 1 aliphatic rings. The molecule has 98 valence electrons. The highest BCUT2D eigenvalue weighted by atomic mass is 32.2. The van der Waals surface area contributed by atoms with E-state index in [1.807, 2.05) is 17.8 Å². The molecule has 0 radical (unpaired) electrons. The Morgan fingerprint density at radius 2 is 2.17 bits per heavy atom. The lowest BCUT2D eigenvalue weighted by Gasteiger charge is -2.28. The van der Waals surface area contributed by atoms with Gasteiger partial charge in [0.2, 0.25) is 0 Å². The molecule has 1 heterocycles. The number of Topliss-reactive ketones (excluding diaryl/α,β-unsaturated/α-hetero) is 1. The molecule has 18 heavy (non-hydrogen) atoms. The van der Waals surface area contributed by atoms with Crippen molar-refractivity contribution in [2.75, 3.05) is 11.5 Å². The normalized spacial score (nSPS) is 23.9. The van der Waals surface area contributed by atoms with Crippen LogP contribution in [0.4, 0.5) is 4.39 Å². The molecule has 0 bridgehead atoms. The third-order valence-corrected chi connectivity index (χ3v) is 6.33. The Bertz CT molecular complexity index is 422. The van der Waals surface area contributed by atoms with Crippen LogP contribution in [0.2, 0.25) is 0 Å². The maximum atomic E-state index is 13.1. The van der Waals surface area contributed by atoms with Crippen LogP contribution in [0.15, 0.2) is 24.3 Å². The van der Waals surface area contributed by atoms with Crippen LogP contribution in [-0.4, -0.2) is 27.8 Å². The monoisotopic (exact) mass is 284 g/mol. The third-order valence-electron chi connectivity index (χ3n) is 3.04. The topological polar surface area (TPSA) is 17.1 Å². The second-order valence-corrected chi connectivity index (χ2v) is 6.98. The molecule has 1 saturated heterocycles. The number of benzene rings is 1. The Morgan fingerprint density at radius 1 is 1.39 bits per heavy atom. The quantitative estimate of drug-likeness (QED) is 0.841. The second-order valence-electron chi connectivity index (χ2n) is 4.38. The van der Waals surface area contributed by atoms with Crippen LogP contribution in [0.3, 0.4) is 0 Å². The van der Waals surface area contributed by atoms with E-state index in [9.17, 15) is 9.18 Å². The molecular weight excluding hydrogens is 267 g/mol. The van der Waals surface area contributed by atoms with E-state index in [2.05, 4.69) is 6.92 Å². The minimum atomic E-state index is -0.266. The molecule has 0 N–H and O–H groups in total. The first-order valence-corrected chi connectivity index (χ1v) is 8.31. The van der Waals surface area contributed by atoms with Crippen molar-refractivity contribution in [1.82, 2.24) is 0 Å². The van der Waals surface area contributed by atoms with E-state index in [0.29, 0.717) is 11.7 Å². The fourth-order valence-electron chi connectivity index (χ4n) is 2.15. The van der Waals surface area contributed by atoms with Gasteiger partial charge in [-0.1, -0.05) is 19.1 Å². The number of halogens is 1. The van der Waals surface area contributed by atoms with E-state index in [1.165, 1.54) is 12.1 Å². The summed E-state index contributed by atoms with van der Waals surface area (Å²) in [5.41, 5.74) is 0.783. The summed E-state index contributed by atoms with van der Waals surface area (Å²) >= 11 is 3.66. The first-order chi connectivity index (χ1) is 8.70. The zero-order chi connectivity index (χ0) is 13.0. The van der Waals surface area contributed by atoms with Crippen molar-refractivity contribution in [1.29, 1.82) is 0 Å². The number of hydrogen-bond donors (Lipinski definition) is 0. The molecule has 1 nitrogen and oxygen atoms in total. The van der Waals surface area contributed by atoms with Crippen molar-refractivity contribution in [2.24, 2.45) is 0 Å². The van der Waals surface area contributed by atoms with Crippen LogP contribution >= 0.6 is 23.5 Å². The van der Waals surface area contributed by atoms with Crippen molar-refractivity contribution >= 4 is 29.3 Å². The van der Waals surface area contributed by atoms with Crippen LogP contribution < -0.4 is 0 Å².